The molecule has 20 heavy (non-hydrogen) atoms. The molecule has 2 aromatic carbocycles. The van der Waals surface area contributed by atoms with E-state index in [2.05, 4.69) is 0 Å². The van der Waals surface area contributed by atoms with Gasteiger partial charge in [-0.05, 0) is 30.2 Å². The highest BCUT2D eigenvalue weighted by atomic mass is 35.5. The zero-order valence-corrected chi connectivity index (χ0v) is 12.2. The quantitative estimate of drug-likeness (QED) is 0.770. The molecular weight excluding hydrogens is 299 g/mol. The molecule has 3 nitrogen and oxygen atoms in total. The van der Waals surface area contributed by atoms with E-state index >= 15 is 0 Å². The molecule has 0 saturated heterocycles. The number of rotatable bonds is 3. The van der Waals surface area contributed by atoms with Gasteiger partial charge in [0.2, 0.25) is 0 Å². The third kappa shape index (κ3) is 3.24. The molecule has 104 valence electrons. The zero-order chi connectivity index (χ0) is 14.7. The van der Waals surface area contributed by atoms with Crippen molar-refractivity contribution >= 4 is 29.4 Å². The average molecular weight is 311 g/mol. The van der Waals surface area contributed by atoms with Gasteiger partial charge in [0.15, 0.2) is 0 Å². The second-order valence-electron chi connectivity index (χ2n) is 4.24. The standard InChI is InChI=1S/C15H12Cl2O3/c1-9(20-15(18)19)10-5-7-11(8-6-10)14-12(16)3-2-4-13(14)17/h2-9H,1H3,(H,18,19). The molecule has 0 bridgehead atoms. The topological polar surface area (TPSA) is 46.5 Å². The molecule has 0 aliphatic carbocycles. The van der Waals surface area contributed by atoms with Crippen molar-refractivity contribution in [2.45, 2.75) is 13.0 Å². The van der Waals surface area contributed by atoms with Crippen LogP contribution in [-0.2, 0) is 4.74 Å². The second kappa shape index (κ2) is 6.16. The normalized spacial score (nSPS) is 11.9. The van der Waals surface area contributed by atoms with Crippen LogP contribution in [0.4, 0.5) is 4.79 Å². The van der Waals surface area contributed by atoms with E-state index in [4.69, 9.17) is 33.0 Å². The van der Waals surface area contributed by atoms with Crippen LogP contribution in [0.3, 0.4) is 0 Å². The van der Waals surface area contributed by atoms with E-state index in [1.54, 1.807) is 37.3 Å². The Kier molecular flexibility index (Phi) is 4.53. The summed E-state index contributed by atoms with van der Waals surface area (Å²) in [7, 11) is 0. The van der Waals surface area contributed by atoms with Crippen LogP contribution in [-0.4, -0.2) is 11.3 Å². The molecule has 2 aromatic rings. The van der Waals surface area contributed by atoms with Crippen molar-refractivity contribution in [1.82, 2.24) is 0 Å². The lowest BCUT2D eigenvalue weighted by Gasteiger charge is -2.12. The first-order valence-corrected chi connectivity index (χ1v) is 6.68. The minimum atomic E-state index is -1.30. The van der Waals surface area contributed by atoms with Gasteiger partial charge in [-0.1, -0.05) is 53.5 Å². The van der Waals surface area contributed by atoms with Crippen LogP contribution in [0.15, 0.2) is 42.5 Å². The Hall–Kier alpha value is -1.71. The van der Waals surface area contributed by atoms with Crippen molar-refractivity contribution in [3.63, 3.8) is 0 Å². The monoisotopic (exact) mass is 310 g/mol. The van der Waals surface area contributed by atoms with E-state index in [-0.39, 0.29) is 0 Å². The van der Waals surface area contributed by atoms with Crippen molar-refractivity contribution in [2.24, 2.45) is 0 Å². The van der Waals surface area contributed by atoms with Crippen molar-refractivity contribution < 1.29 is 14.6 Å². The number of ether oxygens (including phenoxy) is 1. The molecule has 0 fully saturated rings. The maximum absolute atomic E-state index is 10.5. The third-order valence-electron chi connectivity index (χ3n) is 2.91. The van der Waals surface area contributed by atoms with Gasteiger partial charge in [0, 0.05) is 15.6 Å². The van der Waals surface area contributed by atoms with E-state index in [1.807, 2.05) is 12.1 Å². The zero-order valence-electron chi connectivity index (χ0n) is 10.6. The molecule has 5 heteroatoms. The van der Waals surface area contributed by atoms with Crippen LogP contribution in [0.1, 0.15) is 18.6 Å². The van der Waals surface area contributed by atoms with E-state index in [9.17, 15) is 4.79 Å². The summed E-state index contributed by atoms with van der Waals surface area (Å²) >= 11 is 12.3. The number of hydrogen-bond acceptors (Lipinski definition) is 2. The minimum absolute atomic E-state index is 0.525. The van der Waals surface area contributed by atoms with Crippen LogP contribution >= 0.6 is 23.2 Å². The summed E-state index contributed by atoms with van der Waals surface area (Å²) in [6, 6.07) is 12.6. The number of halogens is 2. The number of hydrogen-bond donors (Lipinski definition) is 1. The summed E-state index contributed by atoms with van der Waals surface area (Å²) in [4.78, 5) is 10.5. The predicted octanol–water partition coefficient (Wildman–Crippen LogP) is 5.42. The molecule has 0 aliphatic rings. The fourth-order valence-corrected chi connectivity index (χ4v) is 2.53. The summed E-state index contributed by atoms with van der Waals surface area (Å²) < 4.78 is 4.69. The summed E-state index contributed by atoms with van der Waals surface area (Å²) in [6.45, 7) is 1.67. The lowest BCUT2D eigenvalue weighted by atomic mass is 10.0. The molecule has 0 saturated carbocycles. The molecule has 0 heterocycles. The molecule has 1 atom stereocenters. The van der Waals surface area contributed by atoms with Gasteiger partial charge >= 0.3 is 6.16 Å². The van der Waals surface area contributed by atoms with Crippen molar-refractivity contribution in [3.8, 4) is 11.1 Å². The highest BCUT2D eigenvalue weighted by Crippen LogP contribution is 2.35. The predicted molar refractivity (Wildman–Crippen MR) is 79.4 cm³/mol. The first-order chi connectivity index (χ1) is 9.49. The van der Waals surface area contributed by atoms with Crippen LogP contribution < -0.4 is 0 Å². The summed E-state index contributed by atoms with van der Waals surface area (Å²) in [5, 5.41) is 9.73. The van der Waals surface area contributed by atoms with E-state index in [1.165, 1.54) is 0 Å². The van der Waals surface area contributed by atoms with Crippen molar-refractivity contribution in [2.75, 3.05) is 0 Å². The Labute approximate surface area is 126 Å². The first kappa shape index (κ1) is 14.7. The van der Waals surface area contributed by atoms with E-state index in [0.29, 0.717) is 10.0 Å². The molecular formula is C15H12Cl2O3. The smallest absolute Gasteiger partial charge is 0.450 e. The van der Waals surface area contributed by atoms with Gasteiger partial charge in [-0.25, -0.2) is 4.79 Å². The third-order valence-corrected chi connectivity index (χ3v) is 3.54. The fourth-order valence-electron chi connectivity index (χ4n) is 1.91. The van der Waals surface area contributed by atoms with Crippen molar-refractivity contribution in [1.29, 1.82) is 0 Å². The summed E-state index contributed by atoms with van der Waals surface area (Å²) in [6.07, 6.45) is -1.82. The van der Waals surface area contributed by atoms with Gasteiger partial charge in [-0.3, -0.25) is 0 Å². The van der Waals surface area contributed by atoms with Gasteiger partial charge in [-0.15, -0.1) is 0 Å². The van der Waals surface area contributed by atoms with Crippen LogP contribution in [0.5, 0.6) is 0 Å². The van der Waals surface area contributed by atoms with E-state index in [0.717, 1.165) is 16.7 Å². The number of carbonyl (C=O) groups is 1. The van der Waals surface area contributed by atoms with Crippen molar-refractivity contribution in [3.05, 3.63) is 58.1 Å². The Morgan fingerprint density at radius 2 is 1.65 bits per heavy atom. The molecule has 1 unspecified atom stereocenters. The lowest BCUT2D eigenvalue weighted by molar-refractivity contribution is 0.0587. The van der Waals surface area contributed by atoms with Crippen LogP contribution in [0.25, 0.3) is 11.1 Å². The molecule has 0 aromatic heterocycles. The molecule has 0 aliphatic heterocycles. The fraction of sp³-hybridized carbons (Fsp3) is 0.133. The van der Waals surface area contributed by atoms with Gasteiger partial charge < -0.3 is 9.84 Å². The van der Waals surface area contributed by atoms with Gasteiger partial charge in [0.1, 0.15) is 6.10 Å². The Morgan fingerprint density at radius 3 is 2.15 bits per heavy atom. The maximum Gasteiger partial charge on any atom is 0.506 e. The largest absolute Gasteiger partial charge is 0.506 e. The molecule has 0 amide bonds. The maximum atomic E-state index is 10.5. The molecule has 1 N–H and O–H groups in total. The number of benzene rings is 2. The molecule has 2 rings (SSSR count). The molecule has 0 radical (unpaired) electrons. The van der Waals surface area contributed by atoms with Gasteiger partial charge in [0.25, 0.3) is 0 Å². The average Bonchev–Trinajstić information content (AvgIpc) is 2.38. The minimum Gasteiger partial charge on any atom is -0.450 e. The van der Waals surface area contributed by atoms with Gasteiger partial charge in [0.05, 0.1) is 0 Å². The summed E-state index contributed by atoms with van der Waals surface area (Å²) in [5.41, 5.74) is 2.39. The number of carboxylic acid groups (broad SMARTS) is 1. The highest BCUT2D eigenvalue weighted by molar-refractivity contribution is 6.39. The van der Waals surface area contributed by atoms with Gasteiger partial charge in [-0.2, -0.15) is 0 Å². The summed E-state index contributed by atoms with van der Waals surface area (Å²) in [5.74, 6) is 0. The lowest BCUT2D eigenvalue weighted by Crippen LogP contribution is -2.05. The van der Waals surface area contributed by atoms with E-state index < -0.39 is 12.3 Å². The molecule has 0 spiro atoms. The second-order valence-corrected chi connectivity index (χ2v) is 5.06. The Balaban J connectivity index is 2.31. The van der Waals surface area contributed by atoms with Crippen LogP contribution in [0.2, 0.25) is 10.0 Å². The SMILES string of the molecule is CC(OC(=O)O)c1ccc(-c2c(Cl)cccc2Cl)cc1. The first-order valence-electron chi connectivity index (χ1n) is 5.93. The highest BCUT2D eigenvalue weighted by Gasteiger charge is 2.12. The Bertz CT molecular complexity index is 603. The van der Waals surface area contributed by atoms with Crippen LogP contribution in [0, 0.1) is 0 Å². The Morgan fingerprint density at radius 1 is 1.10 bits per heavy atom.